The zero-order valence-electron chi connectivity index (χ0n) is 11.8. The van der Waals surface area contributed by atoms with Crippen LogP contribution in [-0.4, -0.2) is 18.4 Å². The standard InChI is InChI=1S/C16H14Cl2N2O2/c1-10-6-7-11(17)8-14(10)20-15(21)9-19-16(22)12-4-2-3-5-13(12)18/h2-8H,9H2,1H3,(H,19,22)(H,20,21). The van der Waals surface area contributed by atoms with Gasteiger partial charge in [-0.05, 0) is 36.8 Å². The molecule has 0 saturated heterocycles. The highest BCUT2D eigenvalue weighted by Gasteiger charge is 2.11. The second-order valence-corrected chi connectivity index (χ2v) is 5.51. The summed E-state index contributed by atoms with van der Waals surface area (Å²) in [5.74, 6) is -0.741. The molecule has 6 heteroatoms. The minimum atomic E-state index is -0.399. The molecule has 0 bridgehead atoms. The van der Waals surface area contributed by atoms with E-state index in [1.54, 1.807) is 42.5 Å². The van der Waals surface area contributed by atoms with Crippen LogP contribution in [-0.2, 0) is 4.79 Å². The van der Waals surface area contributed by atoms with E-state index in [2.05, 4.69) is 10.6 Å². The first-order chi connectivity index (χ1) is 10.5. The summed E-state index contributed by atoms with van der Waals surface area (Å²) in [6.45, 7) is 1.70. The van der Waals surface area contributed by atoms with E-state index in [1.807, 2.05) is 6.92 Å². The van der Waals surface area contributed by atoms with Crippen LogP contribution < -0.4 is 10.6 Å². The summed E-state index contributed by atoms with van der Waals surface area (Å²) in [5.41, 5.74) is 1.83. The summed E-state index contributed by atoms with van der Waals surface area (Å²) in [7, 11) is 0. The minimum Gasteiger partial charge on any atom is -0.343 e. The third-order valence-corrected chi connectivity index (χ3v) is 3.57. The van der Waals surface area contributed by atoms with E-state index in [0.717, 1.165) is 5.56 Å². The van der Waals surface area contributed by atoms with Crippen LogP contribution in [0.3, 0.4) is 0 Å². The smallest absolute Gasteiger partial charge is 0.253 e. The molecule has 2 amide bonds. The van der Waals surface area contributed by atoms with Gasteiger partial charge < -0.3 is 10.6 Å². The van der Waals surface area contributed by atoms with Crippen molar-refractivity contribution < 1.29 is 9.59 Å². The minimum absolute atomic E-state index is 0.157. The largest absolute Gasteiger partial charge is 0.343 e. The number of benzene rings is 2. The third kappa shape index (κ3) is 4.23. The zero-order valence-corrected chi connectivity index (χ0v) is 13.3. The predicted molar refractivity (Wildman–Crippen MR) is 88.6 cm³/mol. The fourth-order valence-electron chi connectivity index (χ4n) is 1.82. The molecule has 2 N–H and O–H groups in total. The highest BCUT2D eigenvalue weighted by Crippen LogP contribution is 2.20. The van der Waals surface area contributed by atoms with Crippen molar-refractivity contribution in [3.63, 3.8) is 0 Å². The molecule has 0 atom stereocenters. The molecule has 0 spiro atoms. The molecule has 22 heavy (non-hydrogen) atoms. The number of carbonyl (C=O) groups excluding carboxylic acids is 2. The molecule has 0 aromatic heterocycles. The first kappa shape index (κ1) is 16.3. The van der Waals surface area contributed by atoms with Crippen LogP contribution in [0.4, 0.5) is 5.69 Å². The Morgan fingerprint density at radius 3 is 2.55 bits per heavy atom. The number of carbonyl (C=O) groups is 2. The molecule has 2 rings (SSSR count). The van der Waals surface area contributed by atoms with Crippen LogP contribution in [0.2, 0.25) is 10.0 Å². The summed E-state index contributed by atoms with van der Waals surface area (Å²) in [4.78, 5) is 23.8. The second-order valence-electron chi connectivity index (χ2n) is 4.67. The van der Waals surface area contributed by atoms with Gasteiger partial charge in [0.05, 0.1) is 17.1 Å². The lowest BCUT2D eigenvalue weighted by Gasteiger charge is -2.10. The normalized spacial score (nSPS) is 10.1. The maximum Gasteiger partial charge on any atom is 0.253 e. The lowest BCUT2D eigenvalue weighted by atomic mass is 10.2. The van der Waals surface area contributed by atoms with Gasteiger partial charge in [-0.3, -0.25) is 9.59 Å². The number of anilines is 1. The van der Waals surface area contributed by atoms with Crippen LogP contribution in [0.5, 0.6) is 0 Å². The molecule has 2 aromatic rings. The van der Waals surface area contributed by atoms with Gasteiger partial charge in [0.2, 0.25) is 5.91 Å². The number of rotatable bonds is 4. The van der Waals surface area contributed by atoms with E-state index in [1.165, 1.54) is 0 Å². The van der Waals surface area contributed by atoms with Gasteiger partial charge in [-0.15, -0.1) is 0 Å². The summed E-state index contributed by atoms with van der Waals surface area (Å²) in [6, 6.07) is 11.9. The highest BCUT2D eigenvalue weighted by atomic mass is 35.5. The Morgan fingerprint density at radius 2 is 1.82 bits per heavy atom. The number of halogens is 2. The molecule has 0 aliphatic rings. The van der Waals surface area contributed by atoms with Crippen molar-refractivity contribution >= 4 is 40.7 Å². The maximum absolute atomic E-state index is 11.9. The van der Waals surface area contributed by atoms with E-state index in [0.29, 0.717) is 21.3 Å². The van der Waals surface area contributed by atoms with Crippen molar-refractivity contribution in [1.29, 1.82) is 0 Å². The molecule has 2 aromatic carbocycles. The first-order valence-electron chi connectivity index (χ1n) is 6.56. The third-order valence-electron chi connectivity index (χ3n) is 3.00. The van der Waals surface area contributed by atoms with Gasteiger partial charge in [-0.25, -0.2) is 0 Å². The van der Waals surface area contributed by atoms with Crippen molar-refractivity contribution in [3.05, 3.63) is 63.6 Å². The van der Waals surface area contributed by atoms with Gasteiger partial charge in [-0.2, -0.15) is 0 Å². The van der Waals surface area contributed by atoms with Gasteiger partial charge >= 0.3 is 0 Å². The van der Waals surface area contributed by atoms with Gasteiger partial charge in [-0.1, -0.05) is 41.4 Å². The van der Waals surface area contributed by atoms with E-state index < -0.39 is 5.91 Å². The van der Waals surface area contributed by atoms with E-state index in [4.69, 9.17) is 23.2 Å². The van der Waals surface area contributed by atoms with E-state index in [-0.39, 0.29) is 12.5 Å². The number of aryl methyl sites for hydroxylation is 1. The topological polar surface area (TPSA) is 58.2 Å². The number of hydrogen-bond acceptors (Lipinski definition) is 2. The second kappa shape index (κ2) is 7.29. The monoisotopic (exact) mass is 336 g/mol. The quantitative estimate of drug-likeness (QED) is 0.894. The molecule has 4 nitrogen and oxygen atoms in total. The molecule has 114 valence electrons. The Hall–Kier alpha value is -2.04. The lowest BCUT2D eigenvalue weighted by Crippen LogP contribution is -2.33. The van der Waals surface area contributed by atoms with Gasteiger partial charge in [0.25, 0.3) is 5.91 Å². The van der Waals surface area contributed by atoms with Crippen molar-refractivity contribution in [1.82, 2.24) is 5.32 Å². The Labute approximate surface area is 138 Å². The van der Waals surface area contributed by atoms with Gasteiger partial charge in [0.1, 0.15) is 0 Å². The molecule has 0 aliphatic heterocycles. The maximum atomic E-state index is 11.9. The fraction of sp³-hybridized carbons (Fsp3) is 0.125. The van der Waals surface area contributed by atoms with E-state index in [9.17, 15) is 9.59 Å². The average Bonchev–Trinajstić information content (AvgIpc) is 2.49. The van der Waals surface area contributed by atoms with Crippen LogP contribution in [0, 0.1) is 6.92 Å². The van der Waals surface area contributed by atoms with Crippen molar-refractivity contribution in [2.75, 3.05) is 11.9 Å². The molecule has 0 heterocycles. The van der Waals surface area contributed by atoms with Crippen LogP contribution in [0.15, 0.2) is 42.5 Å². The highest BCUT2D eigenvalue weighted by molar-refractivity contribution is 6.33. The summed E-state index contributed by atoms with van der Waals surface area (Å²) in [6.07, 6.45) is 0. The molecule has 0 radical (unpaired) electrons. The Morgan fingerprint density at radius 1 is 1.09 bits per heavy atom. The van der Waals surface area contributed by atoms with Crippen molar-refractivity contribution in [3.8, 4) is 0 Å². The summed E-state index contributed by atoms with van der Waals surface area (Å²) < 4.78 is 0. The SMILES string of the molecule is Cc1ccc(Cl)cc1NC(=O)CNC(=O)c1ccccc1Cl. The molecule has 0 saturated carbocycles. The van der Waals surface area contributed by atoms with E-state index >= 15 is 0 Å². The lowest BCUT2D eigenvalue weighted by molar-refractivity contribution is -0.115. The van der Waals surface area contributed by atoms with Gasteiger partial charge in [0, 0.05) is 10.7 Å². The molecular formula is C16H14Cl2N2O2. The average molecular weight is 337 g/mol. The van der Waals surface area contributed by atoms with Crippen molar-refractivity contribution in [2.45, 2.75) is 6.92 Å². The predicted octanol–water partition coefficient (Wildman–Crippen LogP) is 3.67. The Kier molecular flexibility index (Phi) is 5.41. The van der Waals surface area contributed by atoms with Crippen LogP contribution >= 0.6 is 23.2 Å². The van der Waals surface area contributed by atoms with Crippen LogP contribution in [0.25, 0.3) is 0 Å². The first-order valence-corrected chi connectivity index (χ1v) is 7.31. The fourth-order valence-corrected chi connectivity index (χ4v) is 2.22. The zero-order chi connectivity index (χ0) is 16.1. The molecular weight excluding hydrogens is 323 g/mol. The van der Waals surface area contributed by atoms with Crippen molar-refractivity contribution in [2.24, 2.45) is 0 Å². The summed E-state index contributed by atoms with van der Waals surface area (Å²) >= 11 is 11.8. The summed E-state index contributed by atoms with van der Waals surface area (Å²) in [5, 5.41) is 6.09. The molecule has 0 unspecified atom stereocenters. The van der Waals surface area contributed by atoms with Crippen LogP contribution in [0.1, 0.15) is 15.9 Å². The van der Waals surface area contributed by atoms with Gasteiger partial charge in [0.15, 0.2) is 0 Å². The molecule has 0 aliphatic carbocycles. The number of hydrogen-bond donors (Lipinski definition) is 2. The Balaban J connectivity index is 1.94. The molecule has 0 fully saturated rings. The number of amides is 2. The Bertz CT molecular complexity index is 717. The number of nitrogens with one attached hydrogen (secondary N) is 2.